The number of alkyl halides is 3. The van der Waals surface area contributed by atoms with E-state index in [9.17, 15) is 18.0 Å². The molecular weight excluding hydrogens is 457 g/mol. The van der Waals surface area contributed by atoms with E-state index >= 15 is 0 Å². The van der Waals surface area contributed by atoms with Crippen molar-refractivity contribution in [2.24, 2.45) is 0 Å². The Labute approximate surface area is 191 Å². The molecule has 6 nitrogen and oxygen atoms in total. The largest absolute Gasteiger partial charge is 0.478 e. The van der Waals surface area contributed by atoms with Crippen molar-refractivity contribution in [2.45, 2.75) is 25.6 Å². The standard InChI is InChI=1S/C23H18ClF3N4O2/c1-22(2,33-18-9-6-15(24)7-10-18)21(32)28-16-8-11-19-20(13-16)30-31(29-19)17-5-3-4-14(12-17)23(25,26)27/h3-13H,1-2H3,(H,28,32). The van der Waals surface area contributed by atoms with Gasteiger partial charge in [-0.2, -0.15) is 18.0 Å². The third-order valence-electron chi connectivity index (χ3n) is 4.78. The van der Waals surface area contributed by atoms with Gasteiger partial charge >= 0.3 is 6.18 Å². The van der Waals surface area contributed by atoms with Crippen LogP contribution in [0.15, 0.2) is 66.7 Å². The Kier molecular flexibility index (Phi) is 5.75. The summed E-state index contributed by atoms with van der Waals surface area (Å²) in [5, 5.41) is 11.8. The first-order valence-corrected chi connectivity index (χ1v) is 10.2. The smallest absolute Gasteiger partial charge is 0.416 e. The van der Waals surface area contributed by atoms with E-state index in [1.165, 1.54) is 12.1 Å². The van der Waals surface area contributed by atoms with Gasteiger partial charge in [0.1, 0.15) is 16.8 Å². The molecule has 0 aliphatic carbocycles. The Morgan fingerprint density at radius 3 is 2.36 bits per heavy atom. The summed E-state index contributed by atoms with van der Waals surface area (Å²) in [6, 6.07) is 16.2. The molecule has 0 saturated carbocycles. The number of anilines is 1. The average Bonchev–Trinajstić information content (AvgIpc) is 3.18. The fraction of sp³-hybridized carbons (Fsp3) is 0.174. The van der Waals surface area contributed by atoms with Gasteiger partial charge in [0.2, 0.25) is 0 Å². The molecule has 0 fully saturated rings. The highest BCUT2D eigenvalue weighted by Gasteiger charge is 2.31. The summed E-state index contributed by atoms with van der Waals surface area (Å²) in [5.41, 5.74) is -0.514. The molecule has 0 aliphatic heterocycles. The normalized spacial score (nSPS) is 12.1. The zero-order valence-corrected chi connectivity index (χ0v) is 18.3. The van der Waals surface area contributed by atoms with Gasteiger partial charge in [0, 0.05) is 10.7 Å². The van der Waals surface area contributed by atoms with Crippen LogP contribution in [0.1, 0.15) is 19.4 Å². The van der Waals surface area contributed by atoms with Gasteiger partial charge in [0.15, 0.2) is 5.60 Å². The Morgan fingerprint density at radius 2 is 1.67 bits per heavy atom. The zero-order chi connectivity index (χ0) is 23.8. The number of carbonyl (C=O) groups excluding carboxylic acids is 1. The van der Waals surface area contributed by atoms with Crippen molar-refractivity contribution in [1.29, 1.82) is 0 Å². The summed E-state index contributed by atoms with van der Waals surface area (Å²) >= 11 is 5.87. The average molecular weight is 475 g/mol. The van der Waals surface area contributed by atoms with Crippen LogP contribution in [0.4, 0.5) is 18.9 Å². The quantitative estimate of drug-likeness (QED) is 0.391. The molecule has 4 aromatic rings. The molecular formula is C23H18ClF3N4O2. The number of fused-ring (bicyclic) bond motifs is 1. The SMILES string of the molecule is CC(C)(Oc1ccc(Cl)cc1)C(=O)Nc1ccc2nn(-c3cccc(C(F)(F)F)c3)nc2c1. The maximum absolute atomic E-state index is 13.0. The number of hydrogen-bond donors (Lipinski definition) is 1. The maximum atomic E-state index is 13.0. The first kappa shape index (κ1) is 22.6. The van der Waals surface area contributed by atoms with Crippen molar-refractivity contribution in [2.75, 3.05) is 5.32 Å². The summed E-state index contributed by atoms with van der Waals surface area (Å²) < 4.78 is 44.8. The van der Waals surface area contributed by atoms with Crippen LogP contribution in [0.25, 0.3) is 16.7 Å². The van der Waals surface area contributed by atoms with Crippen LogP contribution in [0.3, 0.4) is 0 Å². The van der Waals surface area contributed by atoms with E-state index in [1.807, 2.05) is 0 Å². The van der Waals surface area contributed by atoms with Gasteiger partial charge in [-0.25, -0.2) is 0 Å². The monoisotopic (exact) mass is 474 g/mol. The highest BCUT2D eigenvalue weighted by Crippen LogP contribution is 2.30. The van der Waals surface area contributed by atoms with E-state index in [2.05, 4.69) is 15.5 Å². The lowest BCUT2D eigenvalue weighted by atomic mass is 10.1. The van der Waals surface area contributed by atoms with Crippen LogP contribution in [-0.2, 0) is 11.0 Å². The minimum atomic E-state index is -4.47. The van der Waals surface area contributed by atoms with Crippen molar-refractivity contribution >= 4 is 34.2 Å². The lowest BCUT2D eigenvalue weighted by Crippen LogP contribution is -2.42. The molecule has 0 unspecified atom stereocenters. The van der Waals surface area contributed by atoms with E-state index < -0.39 is 23.2 Å². The molecule has 4 rings (SSSR count). The molecule has 0 saturated heterocycles. The Morgan fingerprint density at radius 1 is 0.970 bits per heavy atom. The van der Waals surface area contributed by atoms with E-state index in [0.717, 1.165) is 16.9 Å². The summed E-state index contributed by atoms with van der Waals surface area (Å²) in [5.74, 6) is 0.0844. The van der Waals surface area contributed by atoms with Crippen molar-refractivity contribution in [3.8, 4) is 11.4 Å². The van der Waals surface area contributed by atoms with Crippen LogP contribution in [0, 0.1) is 0 Å². The fourth-order valence-corrected chi connectivity index (χ4v) is 3.17. The van der Waals surface area contributed by atoms with Crippen molar-refractivity contribution in [1.82, 2.24) is 15.0 Å². The van der Waals surface area contributed by atoms with Crippen LogP contribution in [0.5, 0.6) is 5.75 Å². The third-order valence-corrected chi connectivity index (χ3v) is 5.03. The summed E-state index contributed by atoms with van der Waals surface area (Å²) in [6.45, 7) is 3.25. The summed E-state index contributed by atoms with van der Waals surface area (Å²) in [7, 11) is 0. The van der Waals surface area contributed by atoms with Crippen LogP contribution in [-0.4, -0.2) is 26.5 Å². The minimum absolute atomic E-state index is 0.170. The van der Waals surface area contributed by atoms with E-state index in [0.29, 0.717) is 27.5 Å². The van der Waals surface area contributed by atoms with E-state index in [-0.39, 0.29) is 5.69 Å². The molecule has 3 aromatic carbocycles. The lowest BCUT2D eigenvalue weighted by Gasteiger charge is -2.25. The molecule has 10 heteroatoms. The molecule has 1 amide bonds. The molecule has 1 N–H and O–H groups in total. The zero-order valence-electron chi connectivity index (χ0n) is 17.5. The Bertz CT molecular complexity index is 1320. The molecule has 0 aliphatic rings. The van der Waals surface area contributed by atoms with Crippen LogP contribution < -0.4 is 10.1 Å². The predicted molar refractivity (Wildman–Crippen MR) is 119 cm³/mol. The number of nitrogens with zero attached hydrogens (tertiary/aromatic N) is 3. The second-order valence-electron chi connectivity index (χ2n) is 7.76. The summed E-state index contributed by atoms with van der Waals surface area (Å²) in [4.78, 5) is 13.9. The predicted octanol–water partition coefficient (Wildman–Crippen LogP) is 5.89. The number of aromatic nitrogens is 3. The second-order valence-corrected chi connectivity index (χ2v) is 8.20. The first-order valence-electron chi connectivity index (χ1n) is 9.82. The number of carbonyl (C=O) groups is 1. The van der Waals surface area contributed by atoms with Crippen LogP contribution >= 0.6 is 11.6 Å². The van der Waals surface area contributed by atoms with Crippen molar-refractivity contribution in [3.05, 3.63) is 77.3 Å². The van der Waals surface area contributed by atoms with Gasteiger partial charge < -0.3 is 10.1 Å². The Balaban J connectivity index is 1.54. The molecule has 33 heavy (non-hydrogen) atoms. The van der Waals surface area contributed by atoms with E-state index in [4.69, 9.17) is 16.3 Å². The number of hydrogen-bond acceptors (Lipinski definition) is 4. The van der Waals surface area contributed by atoms with Gasteiger partial charge in [-0.05, 0) is 74.5 Å². The second kappa shape index (κ2) is 8.40. The number of nitrogens with one attached hydrogen (secondary N) is 1. The lowest BCUT2D eigenvalue weighted by molar-refractivity contribution is -0.137. The molecule has 0 radical (unpaired) electrons. The Hall–Kier alpha value is -3.59. The molecule has 0 atom stereocenters. The molecule has 1 aromatic heterocycles. The topological polar surface area (TPSA) is 69.0 Å². The van der Waals surface area contributed by atoms with Gasteiger partial charge in [-0.3, -0.25) is 4.79 Å². The van der Waals surface area contributed by atoms with Gasteiger partial charge in [-0.15, -0.1) is 10.2 Å². The minimum Gasteiger partial charge on any atom is -0.478 e. The first-order chi connectivity index (χ1) is 15.5. The number of rotatable bonds is 5. The number of amides is 1. The van der Waals surface area contributed by atoms with E-state index in [1.54, 1.807) is 56.3 Å². The molecule has 0 bridgehead atoms. The molecule has 1 heterocycles. The fourth-order valence-electron chi connectivity index (χ4n) is 3.04. The van der Waals surface area contributed by atoms with Crippen molar-refractivity contribution in [3.63, 3.8) is 0 Å². The number of benzene rings is 3. The van der Waals surface area contributed by atoms with Gasteiger partial charge in [0.25, 0.3) is 5.91 Å². The summed E-state index contributed by atoms with van der Waals surface area (Å²) in [6.07, 6.45) is -4.47. The molecule has 170 valence electrons. The van der Waals surface area contributed by atoms with Crippen molar-refractivity contribution < 1.29 is 22.7 Å². The van der Waals surface area contributed by atoms with Gasteiger partial charge in [-0.1, -0.05) is 17.7 Å². The highest BCUT2D eigenvalue weighted by molar-refractivity contribution is 6.30. The highest BCUT2D eigenvalue weighted by atomic mass is 35.5. The maximum Gasteiger partial charge on any atom is 0.416 e. The number of halogens is 4. The van der Waals surface area contributed by atoms with Crippen LogP contribution in [0.2, 0.25) is 5.02 Å². The number of ether oxygens (including phenoxy) is 1. The third kappa shape index (κ3) is 5.09. The van der Waals surface area contributed by atoms with Gasteiger partial charge in [0.05, 0.1) is 11.3 Å². The molecule has 0 spiro atoms.